The molecule has 0 aromatic heterocycles. The monoisotopic (exact) mass is 237 g/mol. The summed E-state index contributed by atoms with van der Waals surface area (Å²) >= 11 is 0. The zero-order chi connectivity index (χ0) is 12.2. The predicted octanol–water partition coefficient (Wildman–Crippen LogP) is 2.63. The molecule has 0 aliphatic heterocycles. The van der Waals surface area contributed by atoms with Crippen LogP contribution in [0.3, 0.4) is 0 Å². The number of hydrogen-bond acceptors (Lipinski definition) is 2. The standard InChI is InChI=1S/C11H18F3NO/c1-15(7-6-11(12,13)14)8-10(16)9-4-2-3-5-9/h9H,2-8H2,1H3. The second-order valence-electron chi connectivity index (χ2n) is 4.55. The van der Waals surface area contributed by atoms with Crippen LogP contribution in [0.5, 0.6) is 0 Å². The van der Waals surface area contributed by atoms with Crippen LogP contribution in [0.15, 0.2) is 0 Å². The van der Waals surface area contributed by atoms with Gasteiger partial charge in [0.15, 0.2) is 0 Å². The minimum atomic E-state index is -4.13. The summed E-state index contributed by atoms with van der Waals surface area (Å²) in [5.74, 6) is 0.190. The molecule has 0 spiro atoms. The molecule has 16 heavy (non-hydrogen) atoms. The van der Waals surface area contributed by atoms with Gasteiger partial charge in [-0.05, 0) is 19.9 Å². The highest BCUT2D eigenvalue weighted by Gasteiger charge is 2.28. The summed E-state index contributed by atoms with van der Waals surface area (Å²) in [6.07, 6.45) is -1.02. The molecule has 0 heterocycles. The number of ketones is 1. The van der Waals surface area contributed by atoms with Crippen molar-refractivity contribution in [3.63, 3.8) is 0 Å². The zero-order valence-corrected chi connectivity index (χ0v) is 9.52. The van der Waals surface area contributed by atoms with Crippen molar-refractivity contribution in [3.8, 4) is 0 Å². The second-order valence-corrected chi connectivity index (χ2v) is 4.55. The molecule has 0 unspecified atom stereocenters. The number of carbonyl (C=O) groups excluding carboxylic acids is 1. The van der Waals surface area contributed by atoms with Crippen molar-refractivity contribution in [1.29, 1.82) is 0 Å². The molecule has 0 amide bonds. The van der Waals surface area contributed by atoms with Gasteiger partial charge in [-0.2, -0.15) is 13.2 Å². The van der Waals surface area contributed by atoms with Crippen LogP contribution in [-0.4, -0.2) is 37.0 Å². The first kappa shape index (κ1) is 13.5. The maximum Gasteiger partial charge on any atom is 0.390 e. The van der Waals surface area contributed by atoms with Crippen molar-refractivity contribution in [2.75, 3.05) is 20.1 Å². The van der Waals surface area contributed by atoms with Crippen LogP contribution in [0, 0.1) is 5.92 Å². The minimum Gasteiger partial charge on any atom is -0.299 e. The first-order valence-electron chi connectivity index (χ1n) is 5.66. The average Bonchev–Trinajstić information content (AvgIpc) is 2.66. The number of nitrogens with zero attached hydrogens (tertiary/aromatic N) is 1. The number of Topliss-reactive ketones (excluding diaryl/α,β-unsaturated/α-hetero) is 1. The first-order chi connectivity index (χ1) is 7.38. The molecular weight excluding hydrogens is 219 g/mol. The maximum absolute atomic E-state index is 11.9. The molecule has 0 N–H and O–H groups in total. The van der Waals surface area contributed by atoms with Crippen molar-refractivity contribution < 1.29 is 18.0 Å². The van der Waals surface area contributed by atoms with Crippen LogP contribution in [0.25, 0.3) is 0 Å². The number of halogens is 3. The van der Waals surface area contributed by atoms with Crippen molar-refractivity contribution in [2.24, 2.45) is 5.92 Å². The SMILES string of the molecule is CN(CCC(F)(F)F)CC(=O)C1CCCC1. The van der Waals surface area contributed by atoms with Gasteiger partial charge in [-0.15, -0.1) is 0 Å². The maximum atomic E-state index is 11.9. The van der Waals surface area contributed by atoms with E-state index in [-0.39, 0.29) is 24.8 Å². The van der Waals surface area contributed by atoms with Gasteiger partial charge in [0, 0.05) is 12.5 Å². The summed E-state index contributed by atoms with van der Waals surface area (Å²) in [6, 6.07) is 0. The Hall–Kier alpha value is -0.580. The largest absolute Gasteiger partial charge is 0.390 e. The van der Waals surface area contributed by atoms with Crippen LogP contribution in [0.2, 0.25) is 0 Å². The molecule has 1 saturated carbocycles. The molecule has 1 aliphatic rings. The zero-order valence-electron chi connectivity index (χ0n) is 9.52. The summed E-state index contributed by atoms with van der Waals surface area (Å²) < 4.78 is 35.8. The van der Waals surface area contributed by atoms with Gasteiger partial charge in [-0.3, -0.25) is 9.69 Å². The Kier molecular flexibility index (Phi) is 4.77. The topological polar surface area (TPSA) is 20.3 Å². The number of carbonyl (C=O) groups is 1. The van der Waals surface area contributed by atoms with Gasteiger partial charge in [-0.25, -0.2) is 0 Å². The predicted molar refractivity (Wildman–Crippen MR) is 55.1 cm³/mol. The summed E-state index contributed by atoms with van der Waals surface area (Å²) in [7, 11) is 1.57. The van der Waals surface area contributed by atoms with Crippen LogP contribution in [-0.2, 0) is 4.79 Å². The minimum absolute atomic E-state index is 0.0911. The van der Waals surface area contributed by atoms with E-state index in [0.717, 1.165) is 25.7 Å². The molecule has 0 aromatic rings. The van der Waals surface area contributed by atoms with Crippen molar-refractivity contribution >= 4 is 5.78 Å². The van der Waals surface area contributed by atoms with E-state index in [1.165, 1.54) is 4.90 Å². The third-order valence-corrected chi connectivity index (χ3v) is 3.01. The van der Waals surface area contributed by atoms with E-state index in [0.29, 0.717) is 0 Å². The molecule has 1 fully saturated rings. The van der Waals surface area contributed by atoms with Gasteiger partial charge in [0.2, 0.25) is 0 Å². The molecule has 1 rings (SSSR count). The van der Waals surface area contributed by atoms with Gasteiger partial charge < -0.3 is 0 Å². The fourth-order valence-electron chi connectivity index (χ4n) is 2.04. The van der Waals surface area contributed by atoms with Gasteiger partial charge in [0.25, 0.3) is 0 Å². The Labute approximate surface area is 93.8 Å². The Morgan fingerprint density at radius 2 is 1.88 bits per heavy atom. The van der Waals surface area contributed by atoms with E-state index in [4.69, 9.17) is 0 Å². The third-order valence-electron chi connectivity index (χ3n) is 3.01. The first-order valence-corrected chi connectivity index (χ1v) is 5.66. The van der Waals surface area contributed by atoms with Crippen LogP contribution in [0.4, 0.5) is 13.2 Å². The fraction of sp³-hybridized carbons (Fsp3) is 0.909. The molecule has 1 aliphatic carbocycles. The van der Waals surface area contributed by atoms with Gasteiger partial charge in [0.1, 0.15) is 5.78 Å². The van der Waals surface area contributed by atoms with E-state index in [9.17, 15) is 18.0 Å². The summed E-state index contributed by atoms with van der Waals surface area (Å²) in [6.45, 7) is 0.0582. The normalized spacial score (nSPS) is 18.3. The Bertz CT molecular complexity index is 234. The molecule has 2 nitrogen and oxygen atoms in total. The van der Waals surface area contributed by atoms with E-state index in [1.54, 1.807) is 7.05 Å². The molecule has 94 valence electrons. The lowest BCUT2D eigenvalue weighted by molar-refractivity contribution is -0.139. The Balaban J connectivity index is 2.22. The van der Waals surface area contributed by atoms with E-state index in [2.05, 4.69) is 0 Å². The van der Waals surface area contributed by atoms with Gasteiger partial charge >= 0.3 is 6.18 Å². The average molecular weight is 237 g/mol. The van der Waals surface area contributed by atoms with E-state index >= 15 is 0 Å². The number of rotatable bonds is 5. The Morgan fingerprint density at radius 1 is 1.31 bits per heavy atom. The molecule has 0 aromatic carbocycles. The highest BCUT2D eigenvalue weighted by atomic mass is 19.4. The van der Waals surface area contributed by atoms with Crippen LogP contribution in [0.1, 0.15) is 32.1 Å². The second kappa shape index (κ2) is 5.66. The van der Waals surface area contributed by atoms with E-state index in [1.807, 2.05) is 0 Å². The molecule has 5 heteroatoms. The fourth-order valence-corrected chi connectivity index (χ4v) is 2.04. The molecule has 0 atom stereocenters. The number of alkyl halides is 3. The van der Waals surface area contributed by atoms with E-state index < -0.39 is 12.6 Å². The number of hydrogen-bond donors (Lipinski definition) is 0. The van der Waals surface area contributed by atoms with Gasteiger partial charge in [0.05, 0.1) is 13.0 Å². The van der Waals surface area contributed by atoms with Crippen molar-refractivity contribution in [1.82, 2.24) is 4.90 Å². The highest BCUT2D eigenvalue weighted by Crippen LogP contribution is 2.25. The van der Waals surface area contributed by atoms with Crippen molar-refractivity contribution in [2.45, 2.75) is 38.3 Å². The highest BCUT2D eigenvalue weighted by molar-refractivity contribution is 5.83. The third kappa shape index (κ3) is 4.96. The lowest BCUT2D eigenvalue weighted by Crippen LogP contribution is -2.32. The molecule has 0 bridgehead atoms. The summed E-state index contributed by atoms with van der Waals surface area (Å²) in [5, 5.41) is 0. The Morgan fingerprint density at radius 3 is 2.38 bits per heavy atom. The summed E-state index contributed by atoms with van der Waals surface area (Å²) in [5.41, 5.74) is 0. The molecule has 0 saturated heterocycles. The number of likely N-dealkylation sites (N-methyl/N-ethyl adjacent to an activating group) is 1. The lowest BCUT2D eigenvalue weighted by Gasteiger charge is -2.18. The van der Waals surface area contributed by atoms with Crippen LogP contribution < -0.4 is 0 Å². The lowest BCUT2D eigenvalue weighted by atomic mass is 10.0. The van der Waals surface area contributed by atoms with Crippen molar-refractivity contribution in [3.05, 3.63) is 0 Å². The summed E-state index contributed by atoms with van der Waals surface area (Å²) in [4.78, 5) is 13.1. The molecular formula is C11H18F3NO. The van der Waals surface area contributed by atoms with Gasteiger partial charge in [-0.1, -0.05) is 12.8 Å². The smallest absolute Gasteiger partial charge is 0.299 e. The quantitative estimate of drug-likeness (QED) is 0.732. The molecule has 0 radical (unpaired) electrons. The van der Waals surface area contributed by atoms with Crippen LogP contribution >= 0.6 is 0 Å².